The van der Waals surface area contributed by atoms with Crippen LogP contribution in [0.15, 0.2) is 48.9 Å². The summed E-state index contributed by atoms with van der Waals surface area (Å²) < 4.78 is 5.42. The predicted molar refractivity (Wildman–Crippen MR) is 95.0 cm³/mol. The number of benzene rings is 1. The topological polar surface area (TPSA) is 34.6 Å². The maximum absolute atomic E-state index is 4.61. The van der Waals surface area contributed by atoms with Crippen LogP contribution in [0.1, 0.15) is 5.56 Å². The molecule has 0 saturated heterocycles. The molecule has 0 aliphatic rings. The van der Waals surface area contributed by atoms with E-state index in [4.69, 9.17) is 0 Å². The third-order valence-electron chi connectivity index (χ3n) is 3.98. The summed E-state index contributed by atoms with van der Waals surface area (Å²) in [7, 11) is 2.01. The molecule has 4 nitrogen and oxygen atoms in total. The van der Waals surface area contributed by atoms with Crippen molar-refractivity contribution >= 4 is 44.5 Å². The lowest BCUT2D eigenvalue weighted by Gasteiger charge is -2.04. The van der Waals surface area contributed by atoms with E-state index < -0.39 is 0 Å². The first-order chi connectivity index (χ1) is 10.7. The van der Waals surface area contributed by atoms with Gasteiger partial charge in [-0.2, -0.15) is 4.57 Å². The van der Waals surface area contributed by atoms with Gasteiger partial charge in [0.25, 0.3) is 0 Å². The Bertz CT molecular complexity index is 1020. The minimum Gasteiger partial charge on any atom is -0.237 e. The van der Waals surface area contributed by atoms with Crippen molar-refractivity contribution < 1.29 is 4.57 Å². The lowest BCUT2D eigenvalue weighted by atomic mass is 10.1. The van der Waals surface area contributed by atoms with Crippen LogP contribution in [-0.4, -0.2) is 14.5 Å². The van der Waals surface area contributed by atoms with Crippen LogP contribution in [0.3, 0.4) is 0 Å². The monoisotopic (exact) mass is 401 g/mol. The van der Waals surface area contributed by atoms with Crippen molar-refractivity contribution in [3.63, 3.8) is 0 Å². The van der Waals surface area contributed by atoms with Crippen molar-refractivity contribution in [3.8, 4) is 5.95 Å². The summed E-state index contributed by atoms with van der Waals surface area (Å²) in [4.78, 5) is 9.19. The molecule has 0 aliphatic carbocycles. The van der Waals surface area contributed by atoms with Crippen LogP contribution < -0.4 is 4.57 Å². The van der Waals surface area contributed by atoms with Gasteiger partial charge in [0.2, 0.25) is 5.65 Å². The summed E-state index contributed by atoms with van der Waals surface area (Å²) in [6.45, 7) is 2.16. The molecular formula is C17H14IN4+. The Morgan fingerprint density at radius 1 is 1.05 bits per heavy atom. The summed E-state index contributed by atoms with van der Waals surface area (Å²) in [5, 5.41) is 2.37. The van der Waals surface area contributed by atoms with Gasteiger partial charge in [-0.25, -0.2) is 9.55 Å². The summed E-state index contributed by atoms with van der Waals surface area (Å²) in [6.07, 6.45) is 5.66. The molecule has 0 aliphatic heterocycles. The van der Waals surface area contributed by atoms with Crippen LogP contribution in [0, 0.1) is 10.5 Å². The van der Waals surface area contributed by atoms with E-state index in [1.807, 2.05) is 42.3 Å². The fourth-order valence-corrected chi connectivity index (χ4v) is 3.35. The van der Waals surface area contributed by atoms with Gasteiger partial charge in [0.1, 0.15) is 11.7 Å². The Balaban J connectivity index is 2.29. The first-order valence-corrected chi connectivity index (χ1v) is 8.11. The van der Waals surface area contributed by atoms with Gasteiger partial charge in [0.15, 0.2) is 0 Å². The molecule has 0 spiro atoms. The third kappa shape index (κ3) is 1.85. The fourth-order valence-electron chi connectivity index (χ4n) is 2.92. The molecule has 5 heteroatoms. The van der Waals surface area contributed by atoms with Gasteiger partial charge in [-0.15, -0.1) is 0 Å². The van der Waals surface area contributed by atoms with E-state index in [9.17, 15) is 0 Å². The molecule has 0 fully saturated rings. The van der Waals surface area contributed by atoms with Gasteiger partial charge < -0.3 is 0 Å². The molecule has 22 heavy (non-hydrogen) atoms. The van der Waals surface area contributed by atoms with Gasteiger partial charge in [-0.3, -0.25) is 0 Å². The standard InChI is InChI=1S/C17H14IN4/c1-11-14(18)7-6-12-13-5-3-8-19-16(13)22(15(11)12)17-20-9-4-10-21(17)2/h3-10H,1-2H3/q+1. The van der Waals surface area contributed by atoms with E-state index in [0.29, 0.717) is 0 Å². The molecule has 3 heterocycles. The molecule has 1 aromatic carbocycles. The number of aryl methyl sites for hydroxylation is 2. The Kier molecular flexibility index (Phi) is 3.11. The molecule has 0 bridgehead atoms. The van der Waals surface area contributed by atoms with Crippen molar-refractivity contribution in [2.75, 3.05) is 0 Å². The van der Waals surface area contributed by atoms with Crippen molar-refractivity contribution in [1.29, 1.82) is 0 Å². The zero-order valence-electron chi connectivity index (χ0n) is 12.3. The second-order valence-electron chi connectivity index (χ2n) is 5.31. The van der Waals surface area contributed by atoms with Crippen LogP contribution in [0.2, 0.25) is 0 Å². The highest BCUT2D eigenvalue weighted by molar-refractivity contribution is 14.1. The lowest BCUT2D eigenvalue weighted by molar-refractivity contribution is -0.668. The predicted octanol–water partition coefficient (Wildman–Crippen LogP) is 3.31. The van der Waals surface area contributed by atoms with Crippen LogP contribution in [-0.2, 0) is 7.05 Å². The van der Waals surface area contributed by atoms with Crippen LogP contribution in [0.5, 0.6) is 0 Å². The number of hydrogen-bond acceptors (Lipinski definition) is 2. The highest BCUT2D eigenvalue weighted by atomic mass is 127. The first kappa shape index (κ1) is 13.6. The SMILES string of the molecule is Cc1c(I)ccc2c3cccnc3n(-c3nccc[n+]3C)c12. The normalized spacial score (nSPS) is 11.4. The molecule has 0 unspecified atom stereocenters. The van der Waals surface area contributed by atoms with E-state index in [0.717, 1.165) is 17.0 Å². The smallest absolute Gasteiger partial charge is 0.237 e. The van der Waals surface area contributed by atoms with Crippen LogP contribution in [0.25, 0.3) is 27.9 Å². The minimum absolute atomic E-state index is 0.867. The second-order valence-corrected chi connectivity index (χ2v) is 6.47. The molecule has 0 radical (unpaired) electrons. The summed E-state index contributed by atoms with van der Waals surface area (Å²) in [5.74, 6) is 0.867. The first-order valence-electron chi connectivity index (χ1n) is 7.04. The Morgan fingerprint density at radius 2 is 1.86 bits per heavy atom. The summed E-state index contributed by atoms with van der Waals surface area (Å²) in [6, 6.07) is 10.4. The van der Waals surface area contributed by atoms with Crippen molar-refractivity contribution in [2.45, 2.75) is 6.92 Å². The molecule has 0 saturated carbocycles. The van der Waals surface area contributed by atoms with Crippen LogP contribution in [0.4, 0.5) is 0 Å². The number of nitrogens with zero attached hydrogens (tertiary/aromatic N) is 4. The quantitative estimate of drug-likeness (QED) is 0.362. The number of hydrogen-bond donors (Lipinski definition) is 0. The van der Waals surface area contributed by atoms with Crippen LogP contribution >= 0.6 is 22.6 Å². The number of fused-ring (bicyclic) bond motifs is 3. The largest absolute Gasteiger partial charge is 0.404 e. The van der Waals surface area contributed by atoms with Gasteiger partial charge in [-0.05, 0) is 53.8 Å². The van der Waals surface area contributed by atoms with Gasteiger partial charge in [0, 0.05) is 32.2 Å². The second kappa shape index (κ2) is 5.01. The van der Waals surface area contributed by atoms with Crippen molar-refractivity contribution in [3.05, 3.63) is 58.1 Å². The number of rotatable bonds is 1. The van der Waals surface area contributed by atoms with Gasteiger partial charge >= 0.3 is 5.95 Å². The molecule has 0 atom stereocenters. The molecule has 108 valence electrons. The number of pyridine rings is 1. The number of aromatic nitrogens is 4. The van der Waals surface area contributed by atoms with Crippen molar-refractivity contribution in [2.24, 2.45) is 7.05 Å². The van der Waals surface area contributed by atoms with E-state index in [1.54, 1.807) is 0 Å². The van der Waals surface area contributed by atoms with E-state index in [1.165, 1.54) is 20.0 Å². The minimum atomic E-state index is 0.867. The van der Waals surface area contributed by atoms with E-state index in [2.05, 4.69) is 62.2 Å². The molecule has 0 amide bonds. The Morgan fingerprint density at radius 3 is 2.68 bits per heavy atom. The Hall–Kier alpha value is -2.02. The average Bonchev–Trinajstić information content (AvgIpc) is 2.87. The van der Waals surface area contributed by atoms with Gasteiger partial charge in [-0.1, -0.05) is 4.98 Å². The Labute approximate surface area is 141 Å². The molecular weight excluding hydrogens is 387 g/mol. The highest BCUT2D eigenvalue weighted by Gasteiger charge is 2.23. The highest BCUT2D eigenvalue weighted by Crippen LogP contribution is 2.33. The maximum Gasteiger partial charge on any atom is 0.404 e. The maximum atomic E-state index is 4.61. The molecule has 0 N–H and O–H groups in total. The average molecular weight is 401 g/mol. The molecule has 3 aromatic heterocycles. The number of halogens is 1. The third-order valence-corrected chi connectivity index (χ3v) is 5.15. The summed E-state index contributed by atoms with van der Waals surface area (Å²) >= 11 is 2.38. The van der Waals surface area contributed by atoms with Gasteiger partial charge in [0.05, 0.1) is 13.2 Å². The zero-order valence-corrected chi connectivity index (χ0v) is 14.4. The molecule has 4 rings (SSSR count). The molecule has 4 aromatic rings. The van der Waals surface area contributed by atoms with E-state index >= 15 is 0 Å². The lowest BCUT2D eigenvalue weighted by Crippen LogP contribution is -2.34. The van der Waals surface area contributed by atoms with Crippen molar-refractivity contribution in [1.82, 2.24) is 14.5 Å². The fraction of sp³-hybridized carbons (Fsp3) is 0.118. The zero-order chi connectivity index (χ0) is 15.3. The summed E-state index contributed by atoms with van der Waals surface area (Å²) in [5.41, 5.74) is 3.37. The van der Waals surface area contributed by atoms with E-state index in [-0.39, 0.29) is 0 Å².